The van der Waals surface area contributed by atoms with Gasteiger partial charge in [0, 0.05) is 6.07 Å². The number of hydrogen-bond acceptors (Lipinski definition) is 5. The number of H-pyrrole nitrogens is 2. The minimum atomic E-state index is -1.15. The fourth-order valence-corrected chi connectivity index (χ4v) is 1.01. The smallest absolute Gasteiger partial charge is 0.329 e. The molecular formula is C8H11N3O4. The molecule has 4 N–H and O–H groups in total. The van der Waals surface area contributed by atoms with Crippen molar-refractivity contribution in [2.24, 2.45) is 5.73 Å². The minimum absolute atomic E-state index is 0.0298. The van der Waals surface area contributed by atoms with Gasteiger partial charge in [0.1, 0.15) is 6.04 Å². The van der Waals surface area contributed by atoms with Crippen molar-refractivity contribution in [2.75, 3.05) is 6.61 Å². The number of aromatic amines is 2. The first-order valence-corrected chi connectivity index (χ1v) is 4.30. The van der Waals surface area contributed by atoms with Gasteiger partial charge in [0.25, 0.3) is 5.56 Å². The Bertz CT molecular complexity index is 433. The Balaban J connectivity index is 3.00. The van der Waals surface area contributed by atoms with Crippen LogP contribution in [0, 0.1) is 0 Å². The zero-order valence-electron chi connectivity index (χ0n) is 8.07. The number of hydrogen-bond donors (Lipinski definition) is 3. The molecule has 82 valence electrons. The van der Waals surface area contributed by atoms with E-state index in [0.29, 0.717) is 0 Å². The molecule has 1 rings (SSSR count). The van der Waals surface area contributed by atoms with E-state index in [1.165, 1.54) is 0 Å². The molecule has 0 saturated heterocycles. The van der Waals surface area contributed by atoms with Crippen LogP contribution < -0.4 is 17.0 Å². The van der Waals surface area contributed by atoms with Gasteiger partial charge in [-0.3, -0.25) is 9.78 Å². The first-order chi connectivity index (χ1) is 7.04. The van der Waals surface area contributed by atoms with Crippen molar-refractivity contribution in [1.82, 2.24) is 9.97 Å². The lowest BCUT2D eigenvalue weighted by molar-refractivity contribution is -0.144. The van der Waals surface area contributed by atoms with E-state index in [4.69, 9.17) is 5.73 Å². The van der Waals surface area contributed by atoms with Crippen molar-refractivity contribution in [3.63, 3.8) is 0 Å². The van der Waals surface area contributed by atoms with Crippen LogP contribution in [-0.2, 0) is 9.53 Å². The molecule has 15 heavy (non-hydrogen) atoms. The summed E-state index contributed by atoms with van der Waals surface area (Å²) in [6, 6.07) is -0.108. The lowest BCUT2D eigenvalue weighted by Crippen LogP contribution is -2.31. The lowest BCUT2D eigenvalue weighted by atomic mass is 10.2. The van der Waals surface area contributed by atoms with E-state index in [1.54, 1.807) is 6.92 Å². The fourth-order valence-electron chi connectivity index (χ4n) is 1.01. The summed E-state index contributed by atoms with van der Waals surface area (Å²) in [6.07, 6.45) is 0. The lowest BCUT2D eigenvalue weighted by Gasteiger charge is -2.09. The average molecular weight is 213 g/mol. The molecule has 1 unspecified atom stereocenters. The van der Waals surface area contributed by atoms with E-state index in [-0.39, 0.29) is 12.3 Å². The summed E-state index contributed by atoms with van der Waals surface area (Å²) in [5.41, 5.74) is 4.17. The highest BCUT2D eigenvalue weighted by Crippen LogP contribution is 2.04. The van der Waals surface area contributed by atoms with Crippen LogP contribution in [-0.4, -0.2) is 22.5 Å². The highest BCUT2D eigenvalue weighted by atomic mass is 16.5. The second-order valence-corrected chi connectivity index (χ2v) is 2.77. The standard InChI is InChI=1S/C8H11N3O4/c1-2-15-7(13)6(9)4-3-5(12)11-8(14)10-4/h3,6H,2,9H2,1H3,(H2,10,11,12,14). The summed E-state index contributed by atoms with van der Waals surface area (Å²) in [7, 11) is 0. The molecule has 1 aromatic heterocycles. The predicted molar refractivity (Wildman–Crippen MR) is 51.2 cm³/mol. The number of ether oxygens (including phenoxy) is 1. The van der Waals surface area contributed by atoms with Crippen molar-refractivity contribution < 1.29 is 9.53 Å². The molecule has 0 amide bonds. The van der Waals surface area contributed by atoms with Crippen molar-refractivity contribution in [3.05, 3.63) is 32.6 Å². The quantitative estimate of drug-likeness (QED) is 0.535. The number of carbonyl (C=O) groups is 1. The van der Waals surface area contributed by atoms with Crippen LogP contribution in [0.2, 0.25) is 0 Å². The monoisotopic (exact) mass is 213 g/mol. The third kappa shape index (κ3) is 2.78. The molecule has 7 nitrogen and oxygen atoms in total. The molecule has 0 fully saturated rings. The molecule has 0 aliphatic carbocycles. The van der Waals surface area contributed by atoms with Crippen LogP contribution in [0.5, 0.6) is 0 Å². The van der Waals surface area contributed by atoms with E-state index in [1.807, 2.05) is 4.98 Å². The van der Waals surface area contributed by atoms with E-state index in [2.05, 4.69) is 9.72 Å². The Labute approximate surface area is 84.3 Å². The Morgan fingerprint density at radius 2 is 2.20 bits per heavy atom. The molecule has 0 bridgehead atoms. The predicted octanol–water partition coefficient (Wildman–Crippen LogP) is -1.37. The maximum atomic E-state index is 11.2. The molecule has 1 atom stereocenters. The second-order valence-electron chi connectivity index (χ2n) is 2.77. The maximum Gasteiger partial charge on any atom is 0.329 e. The number of nitrogens with one attached hydrogen (secondary N) is 2. The fraction of sp³-hybridized carbons (Fsp3) is 0.375. The number of nitrogens with two attached hydrogens (primary N) is 1. The number of aromatic nitrogens is 2. The second kappa shape index (κ2) is 4.56. The molecule has 0 aliphatic heterocycles. The van der Waals surface area contributed by atoms with Gasteiger partial charge in [-0.15, -0.1) is 0 Å². The normalized spacial score (nSPS) is 12.1. The molecule has 0 aliphatic rings. The summed E-state index contributed by atoms with van der Waals surface area (Å²) in [5.74, 6) is -0.696. The topological polar surface area (TPSA) is 118 Å². The van der Waals surface area contributed by atoms with Crippen LogP contribution in [0.25, 0.3) is 0 Å². The summed E-state index contributed by atoms with van der Waals surface area (Å²) in [4.78, 5) is 37.2. The highest BCUT2D eigenvalue weighted by Gasteiger charge is 2.18. The Hall–Kier alpha value is -1.89. The summed E-state index contributed by atoms with van der Waals surface area (Å²) in [6.45, 7) is 1.81. The van der Waals surface area contributed by atoms with Crippen LogP contribution in [0.15, 0.2) is 15.7 Å². The van der Waals surface area contributed by atoms with E-state index >= 15 is 0 Å². The average Bonchev–Trinajstić information content (AvgIpc) is 2.15. The zero-order valence-corrected chi connectivity index (χ0v) is 8.07. The third-order valence-corrected chi connectivity index (χ3v) is 1.66. The van der Waals surface area contributed by atoms with Gasteiger partial charge in [0.2, 0.25) is 0 Å². The van der Waals surface area contributed by atoms with E-state index < -0.39 is 23.3 Å². The van der Waals surface area contributed by atoms with Gasteiger partial charge in [-0.2, -0.15) is 0 Å². The Morgan fingerprint density at radius 1 is 1.53 bits per heavy atom. The molecule has 7 heteroatoms. The van der Waals surface area contributed by atoms with Gasteiger partial charge in [0.15, 0.2) is 0 Å². The summed E-state index contributed by atoms with van der Waals surface area (Å²) >= 11 is 0. The molecule has 0 aromatic carbocycles. The third-order valence-electron chi connectivity index (χ3n) is 1.66. The number of esters is 1. The van der Waals surface area contributed by atoms with Gasteiger partial charge in [-0.1, -0.05) is 0 Å². The van der Waals surface area contributed by atoms with Gasteiger partial charge in [0.05, 0.1) is 12.3 Å². The van der Waals surface area contributed by atoms with Gasteiger partial charge in [-0.05, 0) is 6.92 Å². The molecule has 1 heterocycles. The van der Waals surface area contributed by atoms with E-state index in [0.717, 1.165) is 6.07 Å². The zero-order chi connectivity index (χ0) is 11.4. The van der Waals surface area contributed by atoms with Gasteiger partial charge < -0.3 is 15.5 Å². The molecule has 0 radical (unpaired) electrons. The van der Waals surface area contributed by atoms with Gasteiger partial charge in [-0.25, -0.2) is 9.59 Å². The Morgan fingerprint density at radius 3 is 2.73 bits per heavy atom. The first-order valence-electron chi connectivity index (χ1n) is 4.30. The van der Waals surface area contributed by atoms with E-state index in [9.17, 15) is 14.4 Å². The summed E-state index contributed by atoms with van der Waals surface area (Å²) in [5, 5.41) is 0. The molecule has 1 aromatic rings. The number of carbonyl (C=O) groups excluding carboxylic acids is 1. The van der Waals surface area contributed by atoms with Gasteiger partial charge >= 0.3 is 11.7 Å². The van der Waals surface area contributed by atoms with Crippen LogP contribution >= 0.6 is 0 Å². The van der Waals surface area contributed by atoms with Crippen molar-refractivity contribution in [3.8, 4) is 0 Å². The maximum absolute atomic E-state index is 11.2. The molecule has 0 spiro atoms. The van der Waals surface area contributed by atoms with Crippen LogP contribution in [0.3, 0.4) is 0 Å². The minimum Gasteiger partial charge on any atom is -0.465 e. The van der Waals surface area contributed by atoms with Crippen molar-refractivity contribution in [1.29, 1.82) is 0 Å². The highest BCUT2D eigenvalue weighted by molar-refractivity contribution is 5.76. The molecular weight excluding hydrogens is 202 g/mol. The van der Waals surface area contributed by atoms with Crippen LogP contribution in [0.4, 0.5) is 0 Å². The summed E-state index contributed by atoms with van der Waals surface area (Å²) < 4.78 is 4.64. The van der Waals surface area contributed by atoms with Crippen molar-refractivity contribution in [2.45, 2.75) is 13.0 Å². The molecule has 0 saturated carbocycles. The van der Waals surface area contributed by atoms with Crippen LogP contribution in [0.1, 0.15) is 18.7 Å². The van der Waals surface area contributed by atoms with Crippen molar-refractivity contribution >= 4 is 5.97 Å². The first kappa shape index (κ1) is 11.2. The largest absolute Gasteiger partial charge is 0.465 e. The number of rotatable bonds is 3. The SMILES string of the molecule is CCOC(=O)C(N)c1cc(=O)[nH]c(=O)[nH]1. The Kier molecular flexibility index (Phi) is 3.40.